The number of aromatic hydroxyl groups is 2. The second-order valence-electron chi connectivity index (χ2n) is 16.3. The molecule has 0 bridgehead atoms. The quantitative estimate of drug-likeness (QED) is 0.298. The molecule has 232 valence electrons. The zero-order chi connectivity index (χ0) is 32.0. The average Bonchev–Trinajstić information content (AvgIpc) is 2.82. The fourth-order valence-corrected chi connectivity index (χ4v) is 5.59. The van der Waals surface area contributed by atoms with E-state index in [4.69, 9.17) is 0 Å². The molecule has 2 amide bonds. The first-order chi connectivity index (χ1) is 19.0. The molecule has 42 heavy (non-hydrogen) atoms. The fourth-order valence-electron chi connectivity index (χ4n) is 5.59. The van der Waals surface area contributed by atoms with Crippen LogP contribution >= 0.6 is 0 Å². The second kappa shape index (κ2) is 11.6. The van der Waals surface area contributed by atoms with Crippen molar-refractivity contribution in [2.75, 3.05) is 0 Å². The van der Waals surface area contributed by atoms with Crippen LogP contribution in [0.15, 0.2) is 24.3 Å². The number of nitrogens with one attached hydrogen (secondary N) is 2. The largest absolute Gasteiger partial charge is 0.507 e. The fraction of sp³-hybridized carbons (Fsp3) is 0.611. The first-order valence-electron chi connectivity index (χ1n) is 15.4. The highest BCUT2D eigenvalue weighted by molar-refractivity contribution is 5.99. The number of carbonyl (C=O) groups excluding carboxylic acids is 2. The molecule has 1 saturated carbocycles. The summed E-state index contributed by atoms with van der Waals surface area (Å²) in [6.45, 7) is 24.7. The van der Waals surface area contributed by atoms with Gasteiger partial charge in [-0.15, -0.1) is 0 Å². The molecule has 1 fully saturated rings. The van der Waals surface area contributed by atoms with Gasteiger partial charge in [0.05, 0.1) is 11.1 Å². The van der Waals surface area contributed by atoms with Crippen molar-refractivity contribution in [3.63, 3.8) is 0 Å². The van der Waals surface area contributed by atoms with Gasteiger partial charge in [0.1, 0.15) is 11.5 Å². The zero-order valence-electron chi connectivity index (χ0n) is 28.0. The van der Waals surface area contributed by atoms with Crippen molar-refractivity contribution in [2.24, 2.45) is 0 Å². The topological polar surface area (TPSA) is 98.7 Å². The molecule has 1 aliphatic rings. The van der Waals surface area contributed by atoms with Crippen LogP contribution < -0.4 is 10.6 Å². The van der Waals surface area contributed by atoms with E-state index in [9.17, 15) is 19.8 Å². The molecule has 0 aliphatic heterocycles. The Bertz CT molecular complexity index is 1230. The third-order valence-corrected chi connectivity index (χ3v) is 8.46. The predicted octanol–water partition coefficient (Wildman–Crippen LogP) is 7.76. The third kappa shape index (κ3) is 7.48. The lowest BCUT2D eigenvalue weighted by Gasteiger charge is -2.34. The Labute approximate surface area is 253 Å². The van der Waals surface area contributed by atoms with Crippen molar-refractivity contribution in [3.05, 3.63) is 57.6 Å². The Hall–Kier alpha value is -3.02. The number of hydrogen-bond acceptors (Lipinski definition) is 4. The van der Waals surface area contributed by atoms with E-state index in [-0.39, 0.29) is 68.2 Å². The van der Waals surface area contributed by atoms with E-state index in [2.05, 4.69) is 52.2 Å². The van der Waals surface area contributed by atoms with E-state index in [1.54, 1.807) is 12.1 Å². The van der Waals surface area contributed by atoms with Gasteiger partial charge in [-0.05, 0) is 57.8 Å². The van der Waals surface area contributed by atoms with Crippen LogP contribution in [0.3, 0.4) is 0 Å². The van der Waals surface area contributed by atoms with Crippen molar-refractivity contribution < 1.29 is 19.8 Å². The number of carbonyl (C=O) groups is 2. The van der Waals surface area contributed by atoms with E-state index in [1.807, 2.05) is 53.7 Å². The Morgan fingerprint density at radius 3 is 1.14 bits per heavy atom. The molecule has 0 aromatic heterocycles. The molecule has 2 unspecified atom stereocenters. The average molecular weight is 579 g/mol. The maximum absolute atomic E-state index is 13.7. The number of rotatable bonds is 4. The summed E-state index contributed by atoms with van der Waals surface area (Å²) in [4.78, 5) is 27.5. The first kappa shape index (κ1) is 33.5. The summed E-state index contributed by atoms with van der Waals surface area (Å²) in [5.74, 6) is -0.684. The van der Waals surface area contributed by atoms with Crippen molar-refractivity contribution >= 4 is 11.8 Å². The SMILES string of the molecule is CC(C)(C)c1cc(C(=O)NC2CCCCC2NC(=O)c2cc(C(C)(C)C)cc(C(C)(C)C)c2O)c(O)c(C(C)(C)C)c1. The molecule has 0 spiro atoms. The second-order valence-corrected chi connectivity index (χ2v) is 16.3. The molecular weight excluding hydrogens is 524 g/mol. The Morgan fingerprint density at radius 2 is 0.881 bits per heavy atom. The van der Waals surface area contributed by atoms with E-state index < -0.39 is 0 Å². The molecular formula is C36H54N2O4. The molecule has 2 atom stereocenters. The summed E-state index contributed by atoms with van der Waals surface area (Å²) in [6, 6.07) is 6.97. The van der Waals surface area contributed by atoms with E-state index in [0.29, 0.717) is 12.8 Å². The number of hydrogen-bond donors (Lipinski definition) is 4. The Kier molecular flexibility index (Phi) is 9.23. The number of amides is 2. The van der Waals surface area contributed by atoms with Gasteiger partial charge in [-0.1, -0.05) is 108 Å². The van der Waals surface area contributed by atoms with Gasteiger partial charge in [0.25, 0.3) is 11.8 Å². The van der Waals surface area contributed by atoms with Crippen molar-refractivity contribution in [2.45, 2.75) is 143 Å². The summed E-state index contributed by atoms with van der Waals surface area (Å²) in [5, 5.41) is 28.8. The predicted molar refractivity (Wildman–Crippen MR) is 172 cm³/mol. The molecule has 0 saturated heterocycles. The van der Waals surface area contributed by atoms with Gasteiger partial charge in [-0.3, -0.25) is 9.59 Å². The summed E-state index contributed by atoms with van der Waals surface area (Å²) in [7, 11) is 0. The highest BCUT2D eigenvalue weighted by atomic mass is 16.3. The van der Waals surface area contributed by atoms with Crippen LogP contribution in [0, 0.1) is 0 Å². The maximum Gasteiger partial charge on any atom is 0.255 e. The lowest BCUT2D eigenvalue weighted by atomic mass is 9.78. The summed E-state index contributed by atoms with van der Waals surface area (Å²) < 4.78 is 0. The highest BCUT2D eigenvalue weighted by Crippen LogP contribution is 2.39. The van der Waals surface area contributed by atoms with Gasteiger partial charge < -0.3 is 20.8 Å². The van der Waals surface area contributed by atoms with Gasteiger partial charge >= 0.3 is 0 Å². The van der Waals surface area contributed by atoms with Crippen LogP contribution in [0.5, 0.6) is 11.5 Å². The first-order valence-corrected chi connectivity index (χ1v) is 15.4. The van der Waals surface area contributed by atoms with E-state index >= 15 is 0 Å². The molecule has 6 nitrogen and oxygen atoms in total. The lowest BCUT2D eigenvalue weighted by molar-refractivity contribution is 0.0859. The monoisotopic (exact) mass is 578 g/mol. The summed E-state index contributed by atoms with van der Waals surface area (Å²) in [5.41, 5.74) is 2.82. The van der Waals surface area contributed by atoms with Gasteiger partial charge in [-0.2, -0.15) is 0 Å². The van der Waals surface area contributed by atoms with E-state index in [1.165, 1.54) is 0 Å². The molecule has 1 aliphatic carbocycles. The van der Waals surface area contributed by atoms with Gasteiger partial charge in [0.2, 0.25) is 0 Å². The third-order valence-electron chi connectivity index (χ3n) is 8.46. The minimum Gasteiger partial charge on any atom is -0.507 e. The van der Waals surface area contributed by atoms with Crippen molar-refractivity contribution in [1.29, 1.82) is 0 Å². The summed E-state index contributed by atoms with van der Waals surface area (Å²) >= 11 is 0. The number of benzene rings is 2. The van der Waals surface area contributed by atoms with Gasteiger partial charge in [0.15, 0.2) is 0 Å². The molecule has 4 N–H and O–H groups in total. The Morgan fingerprint density at radius 1 is 0.571 bits per heavy atom. The minimum absolute atomic E-state index is 0.00280. The highest BCUT2D eigenvalue weighted by Gasteiger charge is 2.33. The molecule has 2 aromatic rings. The number of phenols is 2. The van der Waals surface area contributed by atoms with Crippen molar-refractivity contribution in [3.8, 4) is 11.5 Å². The van der Waals surface area contributed by atoms with E-state index in [0.717, 1.165) is 35.1 Å². The van der Waals surface area contributed by atoms with Crippen LogP contribution in [0.2, 0.25) is 0 Å². The normalized spacial score (nSPS) is 18.5. The molecule has 2 aromatic carbocycles. The molecule has 0 radical (unpaired) electrons. The zero-order valence-corrected chi connectivity index (χ0v) is 28.0. The standard InChI is InChI=1S/C36H54N2O4/c1-33(2,3)21-17-23(29(39)25(19-21)35(7,8)9)31(41)37-27-15-13-14-16-28(27)38-32(42)24-18-22(34(4,5)6)20-26(30(24)40)36(10,11)12/h17-20,27-28,39-40H,13-16H2,1-12H3,(H,37,41)(H,38,42). The van der Waals surface area contributed by atoms with Crippen LogP contribution in [0.4, 0.5) is 0 Å². The van der Waals surface area contributed by atoms with Crippen LogP contribution in [0.25, 0.3) is 0 Å². The van der Waals surface area contributed by atoms with Crippen LogP contribution in [-0.4, -0.2) is 34.1 Å². The van der Waals surface area contributed by atoms with Crippen molar-refractivity contribution in [1.82, 2.24) is 10.6 Å². The summed E-state index contributed by atoms with van der Waals surface area (Å²) in [6.07, 6.45) is 3.28. The minimum atomic E-state index is -0.350. The van der Waals surface area contributed by atoms with Gasteiger partial charge in [0, 0.05) is 23.2 Å². The maximum atomic E-state index is 13.7. The van der Waals surface area contributed by atoms with Crippen LogP contribution in [0.1, 0.15) is 152 Å². The smallest absolute Gasteiger partial charge is 0.255 e. The molecule has 0 heterocycles. The number of phenolic OH excluding ortho intramolecular Hbond substituents is 2. The van der Waals surface area contributed by atoms with Crippen LogP contribution in [-0.2, 0) is 21.7 Å². The van der Waals surface area contributed by atoms with Gasteiger partial charge in [-0.25, -0.2) is 0 Å². The molecule has 6 heteroatoms. The molecule has 3 rings (SSSR count). The Balaban J connectivity index is 1.95. The lowest BCUT2D eigenvalue weighted by Crippen LogP contribution is -2.53.